The van der Waals surface area contributed by atoms with E-state index in [0.29, 0.717) is 31.8 Å². The van der Waals surface area contributed by atoms with Crippen molar-refractivity contribution in [3.63, 3.8) is 0 Å². The van der Waals surface area contributed by atoms with Gasteiger partial charge in [0.2, 0.25) is 5.91 Å². The molecule has 3 rings (SSSR count). The summed E-state index contributed by atoms with van der Waals surface area (Å²) in [5, 5.41) is 10.1. The fourth-order valence-electron chi connectivity index (χ4n) is 3.94. The highest BCUT2D eigenvalue weighted by atomic mass is 19.4. The molecule has 10 heteroatoms. The molecule has 0 aliphatic carbocycles. The number of hydrogen-bond acceptors (Lipinski definition) is 5. The number of alkyl halides is 3. The van der Waals surface area contributed by atoms with Crippen molar-refractivity contribution in [3.8, 4) is 0 Å². The number of methoxy groups -OCH3 is 1. The number of aliphatic carboxylic acids is 1. The first-order chi connectivity index (χ1) is 15.2. The lowest BCUT2D eigenvalue weighted by Crippen LogP contribution is -2.51. The maximum atomic E-state index is 12.3. The number of fused-ring (bicyclic) bond motifs is 1. The minimum Gasteiger partial charge on any atom is -0.475 e. The van der Waals surface area contributed by atoms with Gasteiger partial charge < -0.3 is 24.8 Å². The Morgan fingerprint density at radius 1 is 1.28 bits per heavy atom. The molecule has 0 saturated carbocycles. The summed E-state index contributed by atoms with van der Waals surface area (Å²) in [5.41, 5.74) is 1.39. The van der Waals surface area contributed by atoms with Gasteiger partial charge >= 0.3 is 12.1 Å². The highest BCUT2D eigenvalue weighted by Gasteiger charge is 2.39. The van der Waals surface area contributed by atoms with E-state index in [1.807, 2.05) is 0 Å². The summed E-state index contributed by atoms with van der Waals surface area (Å²) in [6.07, 6.45) is -1.65. The van der Waals surface area contributed by atoms with Crippen LogP contribution in [0.1, 0.15) is 18.4 Å². The van der Waals surface area contributed by atoms with Crippen LogP contribution < -0.4 is 5.32 Å². The van der Waals surface area contributed by atoms with Gasteiger partial charge in [-0.2, -0.15) is 13.2 Å². The molecule has 32 heavy (non-hydrogen) atoms. The zero-order chi connectivity index (χ0) is 23.6. The molecule has 1 aromatic rings. The summed E-state index contributed by atoms with van der Waals surface area (Å²) in [6, 6.07) is 10.6. The molecule has 2 N–H and O–H groups in total. The molecular weight excluding hydrogens is 429 g/mol. The summed E-state index contributed by atoms with van der Waals surface area (Å²) in [4.78, 5) is 23.7. The molecule has 2 saturated heterocycles. The van der Waals surface area contributed by atoms with Gasteiger partial charge in [-0.15, -0.1) is 0 Å². The Morgan fingerprint density at radius 2 is 1.97 bits per heavy atom. The lowest BCUT2D eigenvalue weighted by atomic mass is 9.83. The molecule has 3 atom stereocenters. The van der Waals surface area contributed by atoms with E-state index in [9.17, 15) is 18.0 Å². The normalized spacial score (nSPS) is 23.4. The number of carbonyl (C=O) groups is 2. The predicted octanol–water partition coefficient (Wildman–Crippen LogP) is 2.35. The second-order valence-electron chi connectivity index (χ2n) is 7.98. The first-order valence-electron chi connectivity index (χ1n) is 10.6. The van der Waals surface area contributed by atoms with Crippen molar-refractivity contribution in [2.45, 2.75) is 31.5 Å². The number of carboxylic acids is 1. The van der Waals surface area contributed by atoms with Crippen LogP contribution in [0.25, 0.3) is 0 Å². The Kier molecular flexibility index (Phi) is 10.4. The summed E-state index contributed by atoms with van der Waals surface area (Å²) < 4.78 is 42.7. The number of amides is 1. The van der Waals surface area contributed by atoms with Crippen molar-refractivity contribution in [1.29, 1.82) is 0 Å². The van der Waals surface area contributed by atoms with E-state index in [1.165, 1.54) is 5.56 Å². The molecule has 2 fully saturated rings. The zero-order valence-electron chi connectivity index (χ0n) is 18.1. The van der Waals surface area contributed by atoms with Crippen LogP contribution in [0.15, 0.2) is 30.3 Å². The van der Waals surface area contributed by atoms with Gasteiger partial charge in [-0.1, -0.05) is 30.3 Å². The number of nitrogens with one attached hydrogen (secondary N) is 1. The Balaban J connectivity index is 0.000000451. The Morgan fingerprint density at radius 3 is 2.59 bits per heavy atom. The van der Waals surface area contributed by atoms with Gasteiger partial charge in [-0.25, -0.2) is 4.79 Å². The molecule has 0 unspecified atom stereocenters. The smallest absolute Gasteiger partial charge is 0.475 e. The van der Waals surface area contributed by atoms with Crippen LogP contribution in [0.2, 0.25) is 0 Å². The molecule has 0 bridgehead atoms. The van der Waals surface area contributed by atoms with Gasteiger partial charge in [0.15, 0.2) is 0 Å². The van der Waals surface area contributed by atoms with Gasteiger partial charge in [0, 0.05) is 33.3 Å². The Labute approximate surface area is 185 Å². The molecule has 0 radical (unpaired) electrons. The highest BCUT2D eigenvalue weighted by Crippen LogP contribution is 2.31. The molecule has 0 spiro atoms. The van der Waals surface area contributed by atoms with Crippen molar-refractivity contribution < 1.29 is 37.3 Å². The second kappa shape index (κ2) is 12.8. The van der Waals surface area contributed by atoms with Gasteiger partial charge in [-0.05, 0) is 30.7 Å². The van der Waals surface area contributed by atoms with Crippen molar-refractivity contribution in [1.82, 2.24) is 10.2 Å². The maximum Gasteiger partial charge on any atom is 0.490 e. The quantitative estimate of drug-likeness (QED) is 0.608. The lowest BCUT2D eigenvalue weighted by molar-refractivity contribution is -0.192. The summed E-state index contributed by atoms with van der Waals surface area (Å²) in [5.74, 6) is -2.20. The summed E-state index contributed by atoms with van der Waals surface area (Å²) in [7, 11) is 1.65. The Hall–Kier alpha value is -2.17. The predicted molar refractivity (Wildman–Crippen MR) is 111 cm³/mol. The molecule has 1 amide bonds. The Bertz CT molecular complexity index is 717. The maximum absolute atomic E-state index is 12.3. The molecule has 1 aromatic carbocycles. The number of hydrogen-bond donors (Lipinski definition) is 2. The monoisotopic (exact) mass is 460 g/mol. The van der Waals surface area contributed by atoms with E-state index < -0.39 is 12.1 Å². The SMILES string of the molecule is COCCNC(=O)[C@H]1CO[C@H]2CCN(CCc3ccccc3)C[C@H]2C1.O=C(O)C(F)(F)F. The zero-order valence-corrected chi connectivity index (χ0v) is 18.1. The van der Waals surface area contributed by atoms with Gasteiger partial charge in [0.05, 0.1) is 25.2 Å². The van der Waals surface area contributed by atoms with Crippen LogP contribution in [0.3, 0.4) is 0 Å². The first-order valence-corrected chi connectivity index (χ1v) is 10.6. The number of carbonyl (C=O) groups excluding carboxylic acids is 1. The fraction of sp³-hybridized carbons (Fsp3) is 0.636. The topological polar surface area (TPSA) is 88.1 Å². The molecule has 180 valence electrons. The number of benzene rings is 1. The molecule has 7 nitrogen and oxygen atoms in total. The summed E-state index contributed by atoms with van der Waals surface area (Å²) in [6.45, 7) is 4.90. The standard InChI is InChI=1S/C20H30N2O3.C2HF3O2/c1-24-12-9-21-20(23)18-13-17-14-22(11-8-19(17)25-15-18)10-7-16-5-3-2-4-6-16;3-2(4,5)1(6)7/h2-6,17-19H,7-15H2,1H3,(H,21,23);(H,6,7)/t17-,18-,19+;/m1./s1. The van der Waals surface area contributed by atoms with Crippen LogP contribution in [-0.4, -0.2) is 80.7 Å². The number of rotatable bonds is 7. The van der Waals surface area contributed by atoms with Crippen molar-refractivity contribution in [3.05, 3.63) is 35.9 Å². The van der Waals surface area contributed by atoms with E-state index in [0.717, 1.165) is 38.9 Å². The van der Waals surface area contributed by atoms with Crippen molar-refractivity contribution in [2.24, 2.45) is 11.8 Å². The fourth-order valence-corrected chi connectivity index (χ4v) is 3.94. The van der Waals surface area contributed by atoms with E-state index in [1.54, 1.807) is 7.11 Å². The third-order valence-electron chi connectivity index (χ3n) is 5.63. The average Bonchev–Trinajstić information content (AvgIpc) is 2.77. The van der Waals surface area contributed by atoms with Crippen LogP contribution in [0.4, 0.5) is 13.2 Å². The van der Waals surface area contributed by atoms with Crippen LogP contribution >= 0.6 is 0 Å². The average molecular weight is 460 g/mol. The molecule has 2 heterocycles. The van der Waals surface area contributed by atoms with Gasteiger partial charge in [0.1, 0.15) is 0 Å². The number of nitrogens with zero attached hydrogens (tertiary/aromatic N) is 1. The van der Waals surface area contributed by atoms with Crippen molar-refractivity contribution >= 4 is 11.9 Å². The van der Waals surface area contributed by atoms with Crippen LogP contribution in [0, 0.1) is 11.8 Å². The van der Waals surface area contributed by atoms with Crippen LogP contribution in [0.5, 0.6) is 0 Å². The van der Waals surface area contributed by atoms with E-state index in [-0.39, 0.29) is 11.8 Å². The van der Waals surface area contributed by atoms with Crippen molar-refractivity contribution in [2.75, 3.05) is 46.5 Å². The second-order valence-corrected chi connectivity index (χ2v) is 7.98. The van der Waals surface area contributed by atoms with E-state index >= 15 is 0 Å². The molecular formula is C22H31F3N2O5. The number of likely N-dealkylation sites (tertiary alicyclic amines) is 1. The molecule has 0 aromatic heterocycles. The van der Waals surface area contributed by atoms with E-state index in [2.05, 4.69) is 40.5 Å². The number of ether oxygens (including phenoxy) is 2. The molecule has 2 aliphatic heterocycles. The van der Waals surface area contributed by atoms with Gasteiger partial charge in [-0.3, -0.25) is 4.79 Å². The first kappa shape index (κ1) is 26.1. The largest absolute Gasteiger partial charge is 0.490 e. The third kappa shape index (κ3) is 8.76. The lowest BCUT2D eigenvalue weighted by Gasteiger charge is -2.43. The highest BCUT2D eigenvalue weighted by molar-refractivity contribution is 5.78. The van der Waals surface area contributed by atoms with E-state index in [4.69, 9.17) is 19.4 Å². The number of halogens is 3. The number of carboxylic acid groups (broad SMARTS) is 1. The van der Waals surface area contributed by atoms with Gasteiger partial charge in [0.25, 0.3) is 0 Å². The molecule has 2 aliphatic rings. The van der Waals surface area contributed by atoms with Crippen LogP contribution in [-0.2, 0) is 25.5 Å². The third-order valence-corrected chi connectivity index (χ3v) is 5.63. The minimum absolute atomic E-state index is 0.0211. The number of piperidine rings is 1. The summed E-state index contributed by atoms with van der Waals surface area (Å²) >= 11 is 0. The minimum atomic E-state index is -5.08.